The van der Waals surface area contributed by atoms with Crippen LogP contribution in [0, 0.1) is 11.3 Å². The molecule has 2 unspecified atom stereocenters. The number of halogens is 3. The predicted molar refractivity (Wildman–Crippen MR) is 75.7 cm³/mol. The summed E-state index contributed by atoms with van der Waals surface area (Å²) >= 11 is 0. The first-order chi connectivity index (χ1) is 9.47. The van der Waals surface area contributed by atoms with Crippen molar-refractivity contribution in [2.45, 2.75) is 45.8 Å². The molecule has 0 aliphatic carbocycles. The van der Waals surface area contributed by atoms with Gasteiger partial charge in [0.15, 0.2) is 0 Å². The van der Waals surface area contributed by atoms with Crippen molar-refractivity contribution in [2.75, 3.05) is 26.2 Å². The summed E-state index contributed by atoms with van der Waals surface area (Å²) < 4.78 is 36.8. The Labute approximate surface area is 124 Å². The summed E-state index contributed by atoms with van der Waals surface area (Å²) in [5.41, 5.74) is 5.79. The van der Waals surface area contributed by atoms with E-state index in [2.05, 4.69) is 5.32 Å². The maximum atomic E-state index is 12.3. The minimum atomic E-state index is -4.16. The first-order valence-electron chi connectivity index (χ1n) is 7.29. The van der Waals surface area contributed by atoms with Gasteiger partial charge in [-0.25, -0.2) is 0 Å². The van der Waals surface area contributed by atoms with Crippen LogP contribution < -0.4 is 11.1 Å². The summed E-state index contributed by atoms with van der Waals surface area (Å²) in [5, 5.41) is 2.78. The molecule has 0 spiro atoms. The fourth-order valence-corrected chi connectivity index (χ4v) is 2.31. The fraction of sp³-hybridized carbons (Fsp3) is 0.929. The van der Waals surface area contributed by atoms with Gasteiger partial charge in [0.2, 0.25) is 5.91 Å². The molecule has 124 valence electrons. The molecule has 7 heteroatoms. The lowest BCUT2D eigenvalue weighted by atomic mass is 9.85. The number of hydrogen-bond acceptors (Lipinski definition) is 3. The fourth-order valence-electron chi connectivity index (χ4n) is 2.31. The Bertz CT molecular complexity index is 352. The normalized spacial score (nSPS) is 22.3. The van der Waals surface area contributed by atoms with E-state index in [1.807, 2.05) is 20.8 Å². The maximum Gasteiger partial charge on any atom is 0.401 e. The van der Waals surface area contributed by atoms with Gasteiger partial charge in [0.1, 0.15) is 0 Å². The number of amides is 1. The van der Waals surface area contributed by atoms with Gasteiger partial charge in [-0.15, -0.1) is 0 Å². The molecule has 4 nitrogen and oxygen atoms in total. The van der Waals surface area contributed by atoms with Crippen LogP contribution in [0.15, 0.2) is 0 Å². The minimum absolute atomic E-state index is 0.0853. The lowest BCUT2D eigenvalue weighted by Crippen LogP contribution is -2.41. The zero-order valence-corrected chi connectivity index (χ0v) is 13.0. The molecule has 0 bridgehead atoms. The van der Waals surface area contributed by atoms with Gasteiger partial charge in [0.05, 0.1) is 6.54 Å². The Hall–Kier alpha value is -0.820. The molecule has 1 heterocycles. The summed E-state index contributed by atoms with van der Waals surface area (Å²) in [7, 11) is 0. The monoisotopic (exact) mass is 309 g/mol. The Balaban J connectivity index is 2.26. The maximum absolute atomic E-state index is 12.3. The van der Waals surface area contributed by atoms with E-state index in [9.17, 15) is 18.0 Å². The smallest absolute Gasteiger partial charge is 0.356 e. The number of nitrogens with one attached hydrogen (secondary N) is 1. The second kappa shape index (κ2) is 6.96. The number of likely N-dealkylation sites (tertiary alicyclic amines) is 1. The van der Waals surface area contributed by atoms with Gasteiger partial charge in [0.25, 0.3) is 0 Å². The van der Waals surface area contributed by atoms with Crippen molar-refractivity contribution in [3.63, 3.8) is 0 Å². The largest absolute Gasteiger partial charge is 0.401 e. The van der Waals surface area contributed by atoms with E-state index in [0.717, 1.165) is 0 Å². The summed E-state index contributed by atoms with van der Waals surface area (Å²) in [6.07, 6.45) is -3.23. The molecule has 1 fully saturated rings. The highest BCUT2D eigenvalue weighted by atomic mass is 19.4. The molecular weight excluding hydrogens is 283 g/mol. The van der Waals surface area contributed by atoms with Gasteiger partial charge >= 0.3 is 6.18 Å². The lowest BCUT2D eigenvalue weighted by molar-refractivity contribution is -0.143. The standard InChI is InChI=1S/C14H26F3N3O/c1-13(2,3)11(18)6-12(21)19-7-10-4-5-20(8-10)9-14(15,16)17/h10-11H,4-9,18H2,1-3H3,(H,19,21). The summed E-state index contributed by atoms with van der Waals surface area (Å²) in [6, 6.07) is -0.234. The Morgan fingerprint density at radius 1 is 1.38 bits per heavy atom. The average molecular weight is 309 g/mol. The Morgan fingerprint density at radius 2 is 2.00 bits per heavy atom. The van der Waals surface area contributed by atoms with Gasteiger partial charge in [-0.1, -0.05) is 20.8 Å². The molecule has 3 N–H and O–H groups in total. The Morgan fingerprint density at radius 3 is 2.52 bits per heavy atom. The zero-order valence-electron chi connectivity index (χ0n) is 13.0. The topological polar surface area (TPSA) is 58.4 Å². The van der Waals surface area contributed by atoms with Crippen molar-refractivity contribution >= 4 is 5.91 Å². The molecule has 1 amide bonds. The molecule has 0 aromatic heterocycles. The van der Waals surface area contributed by atoms with Crippen LogP contribution in [0.25, 0.3) is 0 Å². The van der Waals surface area contributed by atoms with E-state index in [-0.39, 0.29) is 29.7 Å². The average Bonchev–Trinajstić information content (AvgIpc) is 2.70. The van der Waals surface area contributed by atoms with Crippen molar-refractivity contribution in [1.29, 1.82) is 0 Å². The summed E-state index contributed by atoms with van der Waals surface area (Å²) in [4.78, 5) is 13.2. The summed E-state index contributed by atoms with van der Waals surface area (Å²) in [5.74, 6) is -0.0474. The van der Waals surface area contributed by atoms with E-state index >= 15 is 0 Å². The van der Waals surface area contributed by atoms with Crippen LogP contribution in [0.2, 0.25) is 0 Å². The predicted octanol–water partition coefficient (Wildman–Crippen LogP) is 1.75. The number of hydrogen-bond donors (Lipinski definition) is 2. The first-order valence-corrected chi connectivity index (χ1v) is 7.29. The van der Waals surface area contributed by atoms with Crippen molar-refractivity contribution < 1.29 is 18.0 Å². The van der Waals surface area contributed by atoms with Crippen LogP contribution in [0.4, 0.5) is 13.2 Å². The molecule has 21 heavy (non-hydrogen) atoms. The molecule has 0 aromatic rings. The van der Waals surface area contributed by atoms with Gasteiger partial charge < -0.3 is 11.1 Å². The second-order valence-electron chi connectivity index (χ2n) is 6.99. The highest BCUT2D eigenvalue weighted by molar-refractivity contribution is 5.76. The van der Waals surface area contributed by atoms with Crippen molar-refractivity contribution in [3.8, 4) is 0 Å². The van der Waals surface area contributed by atoms with Crippen molar-refractivity contribution in [2.24, 2.45) is 17.1 Å². The van der Waals surface area contributed by atoms with Crippen LogP contribution in [0.5, 0.6) is 0 Å². The molecule has 0 saturated carbocycles. The van der Waals surface area contributed by atoms with Crippen LogP contribution in [0.1, 0.15) is 33.6 Å². The zero-order chi connectivity index (χ0) is 16.3. The van der Waals surface area contributed by atoms with E-state index in [4.69, 9.17) is 5.73 Å². The van der Waals surface area contributed by atoms with Crippen LogP contribution in [0.3, 0.4) is 0 Å². The summed E-state index contributed by atoms with van der Waals surface area (Å²) in [6.45, 7) is 6.27. The molecule has 1 saturated heterocycles. The minimum Gasteiger partial charge on any atom is -0.356 e. The quantitative estimate of drug-likeness (QED) is 0.813. The number of carbonyl (C=O) groups is 1. The molecule has 1 rings (SSSR count). The SMILES string of the molecule is CC(C)(C)C(N)CC(=O)NCC1CCN(CC(F)(F)F)C1. The number of alkyl halides is 3. The lowest BCUT2D eigenvalue weighted by Gasteiger charge is -2.26. The van der Waals surface area contributed by atoms with Crippen LogP contribution in [-0.2, 0) is 4.79 Å². The van der Waals surface area contributed by atoms with Gasteiger partial charge in [0, 0.05) is 25.6 Å². The van der Waals surface area contributed by atoms with Gasteiger partial charge in [-0.2, -0.15) is 13.2 Å². The number of nitrogens with zero attached hydrogens (tertiary/aromatic N) is 1. The molecule has 0 aromatic carbocycles. The van der Waals surface area contributed by atoms with E-state index < -0.39 is 12.7 Å². The molecule has 1 aliphatic heterocycles. The van der Waals surface area contributed by atoms with Crippen LogP contribution in [-0.4, -0.2) is 49.2 Å². The van der Waals surface area contributed by atoms with Gasteiger partial charge in [-0.3, -0.25) is 9.69 Å². The molecule has 2 atom stereocenters. The molecular formula is C14H26F3N3O. The highest BCUT2D eigenvalue weighted by Gasteiger charge is 2.34. The van der Waals surface area contributed by atoms with Crippen molar-refractivity contribution in [3.05, 3.63) is 0 Å². The second-order valence-corrected chi connectivity index (χ2v) is 6.99. The number of nitrogens with two attached hydrogens (primary N) is 1. The number of carbonyl (C=O) groups excluding carboxylic acids is 1. The third-order valence-electron chi connectivity index (χ3n) is 3.88. The third-order valence-corrected chi connectivity index (χ3v) is 3.88. The molecule has 1 aliphatic rings. The number of rotatable bonds is 5. The van der Waals surface area contributed by atoms with E-state index in [1.54, 1.807) is 0 Å². The van der Waals surface area contributed by atoms with E-state index in [1.165, 1.54) is 4.90 Å². The van der Waals surface area contributed by atoms with Gasteiger partial charge in [-0.05, 0) is 24.3 Å². The Kier molecular flexibility index (Phi) is 6.04. The highest BCUT2D eigenvalue weighted by Crippen LogP contribution is 2.23. The van der Waals surface area contributed by atoms with Crippen LogP contribution >= 0.6 is 0 Å². The first kappa shape index (κ1) is 18.2. The van der Waals surface area contributed by atoms with E-state index in [0.29, 0.717) is 26.1 Å². The molecule has 0 radical (unpaired) electrons. The third kappa shape index (κ3) is 7.13. The van der Waals surface area contributed by atoms with Crippen molar-refractivity contribution in [1.82, 2.24) is 10.2 Å².